The summed E-state index contributed by atoms with van der Waals surface area (Å²) in [7, 11) is 4.62. The standard InChI is InChI=1S/C20H19N3O4/c1-25-16-10-14(11-17(12-16)26-2)20(24)21-15-6-4-13(5-7-15)18-8-9-19(27-3)23-22-18/h4-12H,1-3H3,(H,21,24). The number of anilines is 1. The fourth-order valence-corrected chi connectivity index (χ4v) is 2.45. The Morgan fingerprint density at radius 3 is 2.00 bits per heavy atom. The normalized spacial score (nSPS) is 10.2. The topological polar surface area (TPSA) is 82.6 Å². The van der Waals surface area contributed by atoms with E-state index in [4.69, 9.17) is 14.2 Å². The molecular formula is C20H19N3O4. The molecule has 0 saturated carbocycles. The minimum Gasteiger partial charge on any atom is -0.497 e. The van der Waals surface area contributed by atoms with Crippen molar-refractivity contribution in [2.45, 2.75) is 0 Å². The van der Waals surface area contributed by atoms with Gasteiger partial charge >= 0.3 is 0 Å². The van der Waals surface area contributed by atoms with Crippen molar-refractivity contribution in [2.75, 3.05) is 26.6 Å². The third-order valence-corrected chi connectivity index (χ3v) is 3.90. The Labute approximate surface area is 156 Å². The number of methoxy groups -OCH3 is 3. The third-order valence-electron chi connectivity index (χ3n) is 3.90. The average Bonchev–Trinajstić information content (AvgIpc) is 2.74. The third kappa shape index (κ3) is 4.33. The molecule has 0 saturated heterocycles. The van der Waals surface area contributed by atoms with Crippen LogP contribution in [-0.4, -0.2) is 37.4 Å². The first kappa shape index (κ1) is 18.2. The van der Waals surface area contributed by atoms with Gasteiger partial charge in [0.15, 0.2) is 0 Å². The average molecular weight is 365 g/mol. The second kappa shape index (κ2) is 8.18. The molecule has 1 N–H and O–H groups in total. The molecule has 7 heteroatoms. The maximum absolute atomic E-state index is 12.5. The van der Waals surface area contributed by atoms with E-state index in [1.165, 1.54) is 14.2 Å². The van der Waals surface area contributed by atoms with Gasteiger partial charge in [0.1, 0.15) is 11.5 Å². The van der Waals surface area contributed by atoms with Crippen LogP contribution in [0.2, 0.25) is 0 Å². The van der Waals surface area contributed by atoms with E-state index in [2.05, 4.69) is 15.5 Å². The summed E-state index contributed by atoms with van der Waals surface area (Å²) in [6, 6.07) is 15.9. The minimum atomic E-state index is -0.260. The SMILES string of the molecule is COc1cc(OC)cc(C(=O)Nc2ccc(-c3ccc(OC)nn3)cc2)c1. The van der Waals surface area contributed by atoms with Crippen LogP contribution in [0.4, 0.5) is 5.69 Å². The fourth-order valence-electron chi connectivity index (χ4n) is 2.45. The van der Waals surface area contributed by atoms with Gasteiger partial charge in [-0.1, -0.05) is 12.1 Å². The number of carbonyl (C=O) groups is 1. The Hall–Kier alpha value is -3.61. The zero-order chi connectivity index (χ0) is 19.2. The fraction of sp³-hybridized carbons (Fsp3) is 0.150. The molecule has 3 rings (SSSR count). The highest BCUT2D eigenvalue weighted by Crippen LogP contribution is 2.24. The number of hydrogen-bond donors (Lipinski definition) is 1. The van der Waals surface area contributed by atoms with Crippen molar-refractivity contribution >= 4 is 11.6 Å². The van der Waals surface area contributed by atoms with Gasteiger partial charge in [0.05, 0.1) is 27.0 Å². The molecule has 0 spiro atoms. The molecule has 1 aromatic heterocycles. The lowest BCUT2D eigenvalue weighted by Crippen LogP contribution is -2.12. The Balaban J connectivity index is 1.75. The highest BCUT2D eigenvalue weighted by Gasteiger charge is 2.11. The lowest BCUT2D eigenvalue weighted by molar-refractivity contribution is 0.102. The molecule has 0 unspecified atom stereocenters. The van der Waals surface area contributed by atoms with Gasteiger partial charge in [0.2, 0.25) is 5.88 Å². The van der Waals surface area contributed by atoms with E-state index in [1.54, 1.807) is 43.5 Å². The maximum atomic E-state index is 12.5. The summed E-state index contributed by atoms with van der Waals surface area (Å²) < 4.78 is 15.4. The molecule has 3 aromatic rings. The van der Waals surface area contributed by atoms with Crippen molar-refractivity contribution in [1.82, 2.24) is 10.2 Å². The van der Waals surface area contributed by atoms with Crippen molar-refractivity contribution in [3.05, 3.63) is 60.2 Å². The van der Waals surface area contributed by atoms with Crippen LogP contribution in [0.15, 0.2) is 54.6 Å². The van der Waals surface area contributed by atoms with Gasteiger partial charge < -0.3 is 19.5 Å². The largest absolute Gasteiger partial charge is 0.497 e. The molecule has 27 heavy (non-hydrogen) atoms. The summed E-state index contributed by atoms with van der Waals surface area (Å²) in [5.41, 5.74) is 2.70. The number of benzene rings is 2. The van der Waals surface area contributed by atoms with Crippen LogP contribution in [0.5, 0.6) is 17.4 Å². The summed E-state index contributed by atoms with van der Waals surface area (Å²) in [5.74, 6) is 1.29. The van der Waals surface area contributed by atoms with Crippen molar-refractivity contribution in [3.8, 4) is 28.6 Å². The molecular weight excluding hydrogens is 346 g/mol. The number of nitrogens with one attached hydrogen (secondary N) is 1. The first-order chi connectivity index (χ1) is 13.1. The molecule has 0 aliphatic rings. The van der Waals surface area contributed by atoms with Gasteiger partial charge in [-0.2, -0.15) is 0 Å². The minimum absolute atomic E-state index is 0.260. The monoisotopic (exact) mass is 365 g/mol. The van der Waals surface area contributed by atoms with E-state index in [1.807, 2.05) is 18.2 Å². The number of amides is 1. The van der Waals surface area contributed by atoms with Crippen LogP contribution in [0.25, 0.3) is 11.3 Å². The number of rotatable bonds is 6. The molecule has 138 valence electrons. The Morgan fingerprint density at radius 1 is 0.815 bits per heavy atom. The van der Waals surface area contributed by atoms with Gasteiger partial charge in [0, 0.05) is 28.9 Å². The molecule has 1 amide bonds. The summed E-state index contributed by atoms with van der Waals surface area (Å²) in [6.07, 6.45) is 0. The Kier molecular flexibility index (Phi) is 5.51. The summed E-state index contributed by atoms with van der Waals surface area (Å²) in [5, 5.41) is 10.9. The number of ether oxygens (including phenoxy) is 3. The lowest BCUT2D eigenvalue weighted by atomic mass is 10.1. The highest BCUT2D eigenvalue weighted by molar-refractivity contribution is 6.04. The number of nitrogens with zero attached hydrogens (tertiary/aromatic N) is 2. The molecule has 0 fully saturated rings. The van der Waals surface area contributed by atoms with Gasteiger partial charge in [0.25, 0.3) is 5.91 Å². The summed E-state index contributed by atoms with van der Waals surface area (Å²) in [4.78, 5) is 12.5. The zero-order valence-corrected chi connectivity index (χ0v) is 15.2. The van der Waals surface area contributed by atoms with Crippen LogP contribution in [0, 0.1) is 0 Å². The molecule has 0 bridgehead atoms. The summed E-state index contributed by atoms with van der Waals surface area (Å²) >= 11 is 0. The van der Waals surface area contributed by atoms with Crippen molar-refractivity contribution in [3.63, 3.8) is 0 Å². The maximum Gasteiger partial charge on any atom is 0.255 e. The van der Waals surface area contributed by atoms with Crippen LogP contribution < -0.4 is 19.5 Å². The van der Waals surface area contributed by atoms with Crippen molar-refractivity contribution < 1.29 is 19.0 Å². The highest BCUT2D eigenvalue weighted by atomic mass is 16.5. The van der Waals surface area contributed by atoms with Gasteiger partial charge in [-0.05, 0) is 30.3 Å². The molecule has 7 nitrogen and oxygen atoms in total. The predicted octanol–water partition coefficient (Wildman–Crippen LogP) is 3.42. The first-order valence-corrected chi connectivity index (χ1v) is 8.15. The zero-order valence-electron chi connectivity index (χ0n) is 15.2. The first-order valence-electron chi connectivity index (χ1n) is 8.15. The second-order valence-corrected chi connectivity index (χ2v) is 5.59. The van der Waals surface area contributed by atoms with E-state index in [9.17, 15) is 4.79 Å². The van der Waals surface area contributed by atoms with Gasteiger partial charge in [-0.25, -0.2) is 0 Å². The van der Waals surface area contributed by atoms with Crippen molar-refractivity contribution in [2.24, 2.45) is 0 Å². The lowest BCUT2D eigenvalue weighted by Gasteiger charge is -2.10. The van der Waals surface area contributed by atoms with Gasteiger partial charge in [-0.15, -0.1) is 10.2 Å². The van der Waals surface area contributed by atoms with Crippen LogP contribution in [-0.2, 0) is 0 Å². The smallest absolute Gasteiger partial charge is 0.255 e. The Morgan fingerprint density at radius 2 is 1.48 bits per heavy atom. The van der Waals surface area contributed by atoms with Crippen molar-refractivity contribution in [1.29, 1.82) is 0 Å². The number of carbonyl (C=O) groups excluding carboxylic acids is 1. The van der Waals surface area contributed by atoms with Gasteiger partial charge in [-0.3, -0.25) is 4.79 Å². The second-order valence-electron chi connectivity index (χ2n) is 5.59. The predicted molar refractivity (Wildman–Crippen MR) is 102 cm³/mol. The molecule has 0 aliphatic carbocycles. The van der Waals surface area contributed by atoms with Crippen LogP contribution in [0.1, 0.15) is 10.4 Å². The molecule has 0 radical (unpaired) electrons. The van der Waals surface area contributed by atoms with E-state index in [0.717, 1.165) is 5.56 Å². The Bertz CT molecular complexity index is 903. The molecule has 2 aromatic carbocycles. The number of aromatic nitrogens is 2. The van der Waals surface area contributed by atoms with E-state index in [0.29, 0.717) is 34.3 Å². The number of hydrogen-bond acceptors (Lipinski definition) is 6. The van der Waals surface area contributed by atoms with Crippen LogP contribution >= 0.6 is 0 Å². The van der Waals surface area contributed by atoms with Crippen LogP contribution in [0.3, 0.4) is 0 Å². The summed E-state index contributed by atoms with van der Waals surface area (Å²) in [6.45, 7) is 0. The molecule has 1 heterocycles. The quantitative estimate of drug-likeness (QED) is 0.721. The van der Waals surface area contributed by atoms with E-state index >= 15 is 0 Å². The molecule has 0 aliphatic heterocycles. The van der Waals surface area contributed by atoms with E-state index < -0.39 is 0 Å². The molecule has 0 atom stereocenters. The van der Waals surface area contributed by atoms with E-state index in [-0.39, 0.29) is 5.91 Å².